The van der Waals surface area contributed by atoms with E-state index in [9.17, 15) is 0 Å². The third kappa shape index (κ3) is 3.35. The lowest BCUT2D eigenvalue weighted by Crippen LogP contribution is -2.16. The molecule has 0 aliphatic heterocycles. The molecule has 2 aromatic rings. The Morgan fingerprint density at radius 1 is 1.47 bits per heavy atom. The van der Waals surface area contributed by atoms with Crippen molar-refractivity contribution in [2.24, 2.45) is 5.73 Å². The summed E-state index contributed by atoms with van der Waals surface area (Å²) in [4.78, 5) is 7.80. The van der Waals surface area contributed by atoms with Crippen LogP contribution in [0.4, 0.5) is 5.69 Å². The Balaban J connectivity index is 2.18. The minimum absolute atomic E-state index is 0.0393. The van der Waals surface area contributed by atoms with E-state index >= 15 is 0 Å². The van der Waals surface area contributed by atoms with E-state index in [-0.39, 0.29) is 6.04 Å². The van der Waals surface area contributed by atoms with Crippen molar-refractivity contribution in [1.29, 1.82) is 0 Å². The molecule has 0 aliphatic carbocycles. The van der Waals surface area contributed by atoms with Gasteiger partial charge in [-0.15, -0.1) is 11.3 Å². The van der Waals surface area contributed by atoms with Crippen molar-refractivity contribution in [3.8, 4) is 0 Å². The highest BCUT2D eigenvalue weighted by molar-refractivity contribution is 9.10. The number of nitrogens with zero attached hydrogens (tertiary/aromatic N) is 2. The van der Waals surface area contributed by atoms with Gasteiger partial charge in [-0.2, -0.15) is 0 Å². The third-order valence-electron chi connectivity index (χ3n) is 3.14. The lowest BCUT2D eigenvalue weighted by molar-refractivity contribution is 0.812. The number of anilines is 1. The van der Waals surface area contributed by atoms with Gasteiger partial charge >= 0.3 is 0 Å². The summed E-state index contributed by atoms with van der Waals surface area (Å²) in [5.41, 5.74) is 11.2. The van der Waals surface area contributed by atoms with Gasteiger partial charge in [0.05, 0.1) is 17.7 Å². The summed E-state index contributed by atoms with van der Waals surface area (Å²) in [6.07, 6.45) is 0. The van der Waals surface area contributed by atoms with Crippen molar-refractivity contribution in [1.82, 2.24) is 4.98 Å². The maximum atomic E-state index is 5.92. The van der Waals surface area contributed by atoms with Crippen molar-refractivity contribution in [3.63, 3.8) is 0 Å². The largest absolute Gasteiger partial charge is 0.369 e. The molecule has 0 spiro atoms. The van der Waals surface area contributed by atoms with Crippen molar-refractivity contribution in [2.45, 2.75) is 26.4 Å². The van der Waals surface area contributed by atoms with Gasteiger partial charge in [-0.05, 0) is 31.5 Å². The van der Waals surface area contributed by atoms with Gasteiger partial charge in [-0.3, -0.25) is 0 Å². The van der Waals surface area contributed by atoms with Gasteiger partial charge in [0.2, 0.25) is 0 Å². The minimum Gasteiger partial charge on any atom is -0.369 e. The number of aryl methyl sites for hydroxylation is 1. The maximum Gasteiger partial charge on any atom is 0.0798 e. The van der Waals surface area contributed by atoms with Crippen molar-refractivity contribution in [3.05, 3.63) is 44.3 Å². The molecule has 0 saturated carbocycles. The number of hydrogen-bond donors (Lipinski definition) is 1. The Bertz CT molecular complexity index is 566. The number of nitrogens with two attached hydrogens (primary N) is 1. The molecule has 0 saturated heterocycles. The fourth-order valence-electron chi connectivity index (χ4n) is 1.91. The smallest absolute Gasteiger partial charge is 0.0798 e. The lowest BCUT2D eigenvalue weighted by atomic mass is 10.1. The van der Waals surface area contributed by atoms with Crippen LogP contribution in [-0.4, -0.2) is 12.0 Å². The first-order chi connectivity index (χ1) is 8.99. The van der Waals surface area contributed by atoms with E-state index in [1.165, 1.54) is 10.6 Å². The fraction of sp³-hybridized carbons (Fsp3) is 0.357. The first-order valence-corrected chi connectivity index (χ1v) is 7.81. The van der Waals surface area contributed by atoms with Crippen molar-refractivity contribution in [2.75, 3.05) is 11.9 Å². The fourth-order valence-corrected chi connectivity index (χ4v) is 3.46. The molecule has 0 bridgehead atoms. The summed E-state index contributed by atoms with van der Waals surface area (Å²) in [6.45, 7) is 4.92. The molecule has 1 aromatic heterocycles. The highest BCUT2D eigenvalue weighted by atomic mass is 79.9. The van der Waals surface area contributed by atoms with Crippen LogP contribution in [0.25, 0.3) is 0 Å². The Morgan fingerprint density at radius 3 is 2.74 bits per heavy atom. The molecule has 1 heterocycles. The van der Waals surface area contributed by atoms with E-state index in [2.05, 4.69) is 58.0 Å². The van der Waals surface area contributed by atoms with E-state index in [1.807, 2.05) is 12.4 Å². The van der Waals surface area contributed by atoms with E-state index in [1.54, 1.807) is 11.3 Å². The molecule has 0 amide bonds. The highest BCUT2D eigenvalue weighted by Gasteiger charge is 2.10. The molecule has 2 rings (SSSR count). The SMILES string of the molecule is Cc1ncsc1CN(C)c1ccc([C@H](C)N)c(Br)c1. The van der Waals surface area contributed by atoms with Gasteiger partial charge in [0.25, 0.3) is 0 Å². The predicted molar refractivity (Wildman–Crippen MR) is 85.7 cm³/mol. The summed E-state index contributed by atoms with van der Waals surface area (Å²) >= 11 is 5.29. The molecule has 3 nitrogen and oxygen atoms in total. The normalized spacial score (nSPS) is 12.5. The molecule has 0 aliphatic rings. The van der Waals surface area contributed by atoms with E-state index in [0.29, 0.717) is 0 Å². The second-order valence-corrected chi connectivity index (χ2v) is 6.51. The van der Waals surface area contributed by atoms with Gasteiger partial charge < -0.3 is 10.6 Å². The van der Waals surface area contributed by atoms with Gasteiger partial charge in [-0.1, -0.05) is 22.0 Å². The van der Waals surface area contributed by atoms with Gasteiger partial charge in [-0.25, -0.2) is 4.98 Å². The standard InChI is InChI=1S/C14H18BrN3S/c1-9(16)12-5-4-11(6-13(12)15)18(3)7-14-10(2)17-8-19-14/h4-6,8-9H,7,16H2,1-3H3/t9-/m0/s1. The zero-order valence-electron chi connectivity index (χ0n) is 11.4. The zero-order chi connectivity index (χ0) is 14.0. The van der Waals surface area contributed by atoms with Crippen LogP contribution >= 0.6 is 27.3 Å². The molecule has 19 heavy (non-hydrogen) atoms. The molecule has 102 valence electrons. The number of rotatable bonds is 4. The van der Waals surface area contributed by atoms with E-state index < -0.39 is 0 Å². The second kappa shape index (κ2) is 6.03. The van der Waals surface area contributed by atoms with Crippen LogP contribution in [0.1, 0.15) is 29.1 Å². The van der Waals surface area contributed by atoms with Crippen molar-refractivity contribution >= 4 is 33.0 Å². The van der Waals surface area contributed by atoms with Crippen molar-refractivity contribution < 1.29 is 0 Å². The minimum atomic E-state index is 0.0393. The summed E-state index contributed by atoms with van der Waals surface area (Å²) in [5.74, 6) is 0. The van der Waals surface area contributed by atoms with Crippen LogP contribution in [0.3, 0.4) is 0 Å². The van der Waals surface area contributed by atoms with Crippen LogP contribution in [0, 0.1) is 6.92 Å². The quantitative estimate of drug-likeness (QED) is 0.919. The lowest BCUT2D eigenvalue weighted by Gasteiger charge is -2.20. The Kier molecular flexibility index (Phi) is 4.60. The maximum absolute atomic E-state index is 5.92. The van der Waals surface area contributed by atoms with Crippen LogP contribution in [0.2, 0.25) is 0 Å². The zero-order valence-corrected chi connectivity index (χ0v) is 13.8. The number of benzene rings is 1. The summed E-state index contributed by atoms with van der Waals surface area (Å²) in [7, 11) is 2.09. The van der Waals surface area contributed by atoms with Crippen LogP contribution < -0.4 is 10.6 Å². The Hall–Kier alpha value is -0.910. The number of halogens is 1. The highest BCUT2D eigenvalue weighted by Crippen LogP contribution is 2.28. The summed E-state index contributed by atoms with van der Waals surface area (Å²) in [5, 5.41) is 0. The summed E-state index contributed by atoms with van der Waals surface area (Å²) < 4.78 is 1.06. The summed E-state index contributed by atoms with van der Waals surface area (Å²) in [6, 6.07) is 6.35. The van der Waals surface area contributed by atoms with Crippen LogP contribution in [-0.2, 0) is 6.54 Å². The molecule has 5 heteroatoms. The molecule has 0 fully saturated rings. The molecule has 1 aromatic carbocycles. The average molecular weight is 340 g/mol. The number of aromatic nitrogens is 1. The first-order valence-electron chi connectivity index (χ1n) is 6.14. The molecule has 0 radical (unpaired) electrons. The van der Waals surface area contributed by atoms with E-state index in [0.717, 1.165) is 22.3 Å². The topological polar surface area (TPSA) is 42.2 Å². The van der Waals surface area contributed by atoms with Gasteiger partial charge in [0, 0.05) is 28.1 Å². The Morgan fingerprint density at radius 2 is 2.21 bits per heavy atom. The molecular formula is C14H18BrN3S. The Labute approximate surface area is 126 Å². The molecule has 0 unspecified atom stereocenters. The van der Waals surface area contributed by atoms with Gasteiger partial charge in [0.1, 0.15) is 0 Å². The predicted octanol–water partition coefficient (Wildman–Crippen LogP) is 3.87. The average Bonchev–Trinajstić information content (AvgIpc) is 2.74. The monoisotopic (exact) mass is 339 g/mol. The number of hydrogen-bond acceptors (Lipinski definition) is 4. The number of thiazole rings is 1. The van der Waals surface area contributed by atoms with Crippen LogP contribution in [0.5, 0.6) is 0 Å². The third-order valence-corrected chi connectivity index (χ3v) is 4.75. The second-order valence-electron chi connectivity index (χ2n) is 4.71. The molecule has 2 N–H and O–H groups in total. The van der Waals surface area contributed by atoms with Gasteiger partial charge in [0.15, 0.2) is 0 Å². The molecule has 1 atom stereocenters. The van der Waals surface area contributed by atoms with Crippen LogP contribution in [0.15, 0.2) is 28.2 Å². The van der Waals surface area contributed by atoms with E-state index in [4.69, 9.17) is 5.73 Å². The first kappa shape index (κ1) is 14.5. The molecular weight excluding hydrogens is 322 g/mol.